The molecule has 38 heavy (non-hydrogen) atoms. The first-order valence-corrected chi connectivity index (χ1v) is 14.0. The molecule has 0 bridgehead atoms. The van der Waals surface area contributed by atoms with E-state index in [4.69, 9.17) is 4.74 Å². The van der Waals surface area contributed by atoms with Crippen molar-refractivity contribution in [2.75, 3.05) is 6.61 Å². The largest absolute Gasteiger partial charge is 0.494 e. The highest BCUT2D eigenvalue weighted by atomic mass is 16.5. The molecule has 1 fully saturated rings. The number of nitrogens with zero attached hydrogens (tertiary/aromatic N) is 1. The average Bonchev–Trinajstić information content (AvgIpc) is 2.95. The Balaban J connectivity index is 1.49. The fourth-order valence-corrected chi connectivity index (χ4v) is 5.07. The van der Waals surface area contributed by atoms with Gasteiger partial charge in [0.05, 0.1) is 6.61 Å². The molecule has 0 spiro atoms. The molecule has 3 aromatic carbocycles. The summed E-state index contributed by atoms with van der Waals surface area (Å²) in [5, 5.41) is 3.30. The lowest BCUT2D eigenvalue weighted by Gasteiger charge is -2.33. The van der Waals surface area contributed by atoms with Crippen LogP contribution in [0, 0.1) is 6.92 Å². The fourth-order valence-electron chi connectivity index (χ4n) is 5.07. The predicted octanol–water partition coefficient (Wildman–Crippen LogP) is 6.24. The average molecular weight is 513 g/mol. The molecule has 200 valence electrons. The second-order valence-corrected chi connectivity index (χ2v) is 10.3. The van der Waals surface area contributed by atoms with Gasteiger partial charge in [0, 0.05) is 25.4 Å². The van der Waals surface area contributed by atoms with Gasteiger partial charge < -0.3 is 15.0 Å². The lowest BCUT2D eigenvalue weighted by molar-refractivity contribution is -0.141. The van der Waals surface area contributed by atoms with Crippen molar-refractivity contribution in [1.29, 1.82) is 0 Å². The van der Waals surface area contributed by atoms with Gasteiger partial charge in [-0.1, -0.05) is 97.6 Å². The molecule has 2 amide bonds. The predicted molar refractivity (Wildman–Crippen MR) is 152 cm³/mol. The second kappa shape index (κ2) is 14.4. The van der Waals surface area contributed by atoms with Crippen LogP contribution in [0.1, 0.15) is 61.6 Å². The highest BCUT2D eigenvalue weighted by Gasteiger charge is 2.31. The Labute approximate surface area is 227 Å². The summed E-state index contributed by atoms with van der Waals surface area (Å²) in [5.41, 5.74) is 3.24. The number of hydrogen-bond donors (Lipinski definition) is 1. The Bertz CT molecular complexity index is 1130. The molecule has 0 radical (unpaired) electrons. The van der Waals surface area contributed by atoms with Crippen LogP contribution in [0.5, 0.6) is 5.75 Å². The van der Waals surface area contributed by atoms with Gasteiger partial charge in [-0.2, -0.15) is 0 Å². The Morgan fingerprint density at radius 3 is 2.16 bits per heavy atom. The van der Waals surface area contributed by atoms with Crippen molar-refractivity contribution >= 4 is 11.8 Å². The first kappa shape index (κ1) is 27.4. The van der Waals surface area contributed by atoms with Crippen molar-refractivity contribution in [3.63, 3.8) is 0 Å². The van der Waals surface area contributed by atoms with E-state index in [-0.39, 0.29) is 17.9 Å². The van der Waals surface area contributed by atoms with Crippen molar-refractivity contribution in [3.8, 4) is 5.75 Å². The molecule has 0 saturated heterocycles. The van der Waals surface area contributed by atoms with Gasteiger partial charge in [-0.05, 0) is 49.4 Å². The number of ether oxygens (including phenoxy) is 1. The van der Waals surface area contributed by atoms with Gasteiger partial charge in [-0.15, -0.1) is 0 Å². The quantitative estimate of drug-likeness (QED) is 0.292. The number of aryl methyl sites for hydroxylation is 1. The van der Waals surface area contributed by atoms with E-state index in [2.05, 4.69) is 5.32 Å². The molecule has 1 N–H and O–H groups in total. The smallest absolute Gasteiger partial charge is 0.243 e. The number of carbonyl (C=O) groups excluding carboxylic acids is 2. The van der Waals surface area contributed by atoms with Crippen LogP contribution >= 0.6 is 0 Å². The maximum Gasteiger partial charge on any atom is 0.243 e. The zero-order chi connectivity index (χ0) is 26.6. The van der Waals surface area contributed by atoms with E-state index in [9.17, 15) is 9.59 Å². The lowest BCUT2D eigenvalue weighted by Crippen LogP contribution is -2.52. The van der Waals surface area contributed by atoms with E-state index in [1.54, 1.807) is 4.90 Å². The third-order valence-corrected chi connectivity index (χ3v) is 7.24. The molecule has 1 aliphatic rings. The van der Waals surface area contributed by atoms with Crippen molar-refractivity contribution < 1.29 is 14.3 Å². The molecular formula is C33H40N2O3. The van der Waals surface area contributed by atoms with E-state index < -0.39 is 6.04 Å². The summed E-state index contributed by atoms with van der Waals surface area (Å²) in [6.45, 7) is 2.89. The summed E-state index contributed by atoms with van der Waals surface area (Å²) < 4.78 is 5.86. The summed E-state index contributed by atoms with van der Waals surface area (Å²) in [7, 11) is 0. The van der Waals surface area contributed by atoms with Crippen LogP contribution in [-0.2, 0) is 22.6 Å². The number of hydrogen-bond acceptors (Lipinski definition) is 3. The number of benzene rings is 3. The highest BCUT2D eigenvalue weighted by Crippen LogP contribution is 2.20. The van der Waals surface area contributed by atoms with Crippen LogP contribution in [0.3, 0.4) is 0 Å². The van der Waals surface area contributed by atoms with Crippen LogP contribution in [0.15, 0.2) is 84.9 Å². The molecule has 0 aliphatic heterocycles. The normalized spacial score (nSPS) is 14.4. The maximum atomic E-state index is 13.8. The molecule has 0 heterocycles. The van der Waals surface area contributed by atoms with Crippen LogP contribution in [0.25, 0.3) is 0 Å². The zero-order valence-electron chi connectivity index (χ0n) is 22.5. The first-order valence-electron chi connectivity index (χ1n) is 14.0. The third kappa shape index (κ3) is 8.47. The molecular weight excluding hydrogens is 472 g/mol. The van der Waals surface area contributed by atoms with Gasteiger partial charge in [-0.3, -0.25) is 9.59 Å². The standard InChI is InChI=1S/C33H40N2O3/c1-26-19-21-30(22-20-26)38-23-11-18-32(36)35(25-28-14-7-3-8-15-28)31(24-27-12-5-2-6-13-27)33(37)34-29-16-9-4-10-17-29/h2-3,5-8,12-15,19-22,29,31H,4,9-11,16-18,23-25H2,1H3,(H,34,37). The first-order chi connectivity index (χ1) is 18.6. The molecule has 1 saturated carbocycles. The maximum absolute atomic E-state index is 13.8. The second-order valence-electron chi connectivity index (χ2n) is 10.3. The Morgan fingerprint density at radius 1 is 0.868 bits per heavy atom. The summed E-state index contributed by atoms with van der Waals surface area (Å²) in [4.78, 5) is 29.3. The number of rotatable bonds is 12. The van der Waals surface area contributed by atoms with Gasteiger partial charge in [0.25, 0.3) is 0 Å². The minimum atomic E-state index is -0.579. The molecule has 5 heteroatoms. The van der Waals surface area contributed by atoms with Gasteiger partial charge in [-0.25, -0.2) is 0 Å². The van der Waals surface area contributed by atoms with E-state index in [0.717, 1.165) is 42.6 Å². The van der Waals surface area contributed by atoms with Crippen LogP contribution < -0.4 is 10.1 Å². The number of carbonyl (C=O) groups is 2. The van der Waals surface area contributed by atoms with Crippen molar-refractivity contribution in [3.05, 3.63) is 102 Å². The topological polar surface area (TPSA) is 58.6 Å². The Morgan fingerprint density at radius 2 is 1.50 bits per heavy atom. The molecule has 5 nitrogen and oxygen atoms in total. The van der Waals surface area contributed by atoms with Crippen molar-refractivity contribution in [1.82, 2.24) is 10.2 Å². The summed E-state index contributed by atoms with van der Waals surface area (Å²) in [6.07, 6.45) is 6.91. The van der Waals surface area contributed by atoms with E-state index in [0.29, 0.717) is 32.4 Å². The van der Waals surface area contributed by atoms with E-state index in [1.807, 2.05) is 91.9 Å². The van der Waals surface area contributed by atoms with Gasteiger partial charge in [0.15, 0.2) is 0 Å². The Kier molecular flexibility index (Phi) is 10.4. The van der Waals surface area contributed by atoms with Gasteiger partial charge in [0.1, 0.15) is 11.8 Å². The van der Waals surface area contributed by atoms with E-state index in [1.165, 1.54) is 12.0 Å². The summed E-state index contributed by atoms with van der Waals surface area (Å²) in [6, 6.07) is 27.5. The fraction of sp³-hybridized carbons (Fsp3) is 0.394. The monoisotopic (exact) mass is 512 g/mol. The van der Waals surface area contributed by atoms with Crippen LogP contribution in [0.2, 0.25) is 0 Å². The van der Waals surface area contributed by atoms with Gasteiger partial charge >= 0.3 is 0 Å². The minimum Gasteiger partial charge on any atom is -0.494 e. The van der Waals surface area contributed by atoms with Crippen LogP contribution in [-0.4, -0.2) is 35.4 Å². The van der Waals surface area contributed by atoms with Gasteiger partial charge in [0.2, 0.25) is 11.8 Å². The SMILES string of the molecule is Cc1ccc(OCCCC(=O)N(Cc2ccccc2)C(Cc2ccccc2)C(=O)NC2CCCCC2)cc1. The molecule has 1 unspecified atom stereocenters. The number of amides is 2. The van der Waals surface area contributed by atoms with E-state index >= 15 is 0 Å². The molecule has 3 aromatic rings. The molecule has 1 atom stereocenters. The third-order valence-electron chi connectivity index (χ3n) is 7.24. The number of nitrogens with one attached hydrogen (secondary N) is 1. The van der Waals surface area contributed by atoms with Crippen molar-refractivity contribution in [2.45, 2.75) is 76.9 Å². The summed E-state index contributed by atoms with van der Waals surface area (Å²) in [5.74, 6) is 0.722. The summed E-state index contributed by atoms with van der Waals surface area (Å²) >= 11 is 0. The van der Waals surface area contributed by atoms with Crippen molar-refractivity contribution in [2.24, 2.45) is 0 Å². The lowest BCUT2D eigenvalue weighted by atomic mass is 9.94. The highest BCUT2D eigenvalue weighted by molar-refractivity contribution is 5.88. The Hall–Kier alpha value is -3.60. The molecule has 1 aliphatic carbocycles. The minimum absolute atomic E-state index is 0.0268. The zero-order valence-corrected chi connectivity index (χ0v) is 22.5. The van der Waals surface area contributed by atoms with Crippen LogP contribution in [0.4, 0.5) is 0 Å². The molecule has 4 rings (SSSR count). The molecule has 0 aromatic heterocycles.